The molecule has 1 heterocycles. The minimum Gasteiger partial charge on any atom is -0.458 e. The first-order valence-electron chi connectivity index (χ1n) is 8.82. The van der Waals surface area contributed by atoms with Crippen molar-refractivity contribution in [1.82, 2.24) is 0 Å². The number of carbonyl (C=O) groups is 1. The molecule has 4 unspecified atom stereocenters. The highest BCUT2D eigenvalue weighted by atomic mass is 16.6. The smallest absolute Gasteiger partial charge is 0.334 e. The zero-order chi connectivity index (χ0) is 17.9. The van der Waals surface area contributed by atoms with Crippen LogP contribution in [-0.2, 0) is 9.53 Å². The number of aliphatic hydroxyl groups excluding tert-OH is 1. The molecule has 2 aliphatic rings. The fourth-order valence-electron chi connectivity index (χ4n) is 3.47. The Morgan fingerprint density at radius 3 is 2.62 bits per heavy atom. The fraction of sp³-hybridized carbons (Fsp3) is 0.650. The van der Waals surface area contributed by atoms with Crippen LogP contribution in [0.1, 0.15) is 59.3 Å². The number of rotatable bonds is 0. The average Bonchev–Trinajstić information content (AvgIpc) is 2.73. The van der Waals surface area contributed by atoms with E-state index in [0.717, 1.165) is 19.3 Å². The maximum Gasteiger partial charge on any atom is 0.334 e. The molecule has 24 heavy (non-hydrogen) atoms. The van der Waals surface area contributed by atoms with E-state index in [1.54, 1.807) is 6.92 Å². The summed E-state index contributed by atoms with van der Waals surface area (Å²) in [5.74, 6) is -0.631. The van der Waals surface area contributed by atoms with E-state index in [0.29, 0.717) is 18.4 Å². The number of aliphatic hydroxyl groups is 2. The summed E-state index contributed by atoms with van der Waals surface area (Å²) in [5.41, 5.74) is 1.69. The van der Waals surface area contributed by atoms with E-state index >= 15 is 0 Å². The first-order valence-corrected chi connectivity index (χ1v) is 8.82. The summed E-state index contributed by atoms with van der Waals surface area (Å²) in [6.07, 6.45) is 7.19. The van der Waals surface area contributed by atoms with Crippen LogP contribution >= 0.6 is 0 Å². The van der Waals surface area contributed by atoms with Crippen LogP contribution in [0.5, 0.6) is 0 Å². The standard InChI is InChI=1S/C20H30O4/c1-13-7-5-8-14(2)11-17-16(15(3)19(22)24-17)12-18(21)20(4,23)10-6-9-13/h8-9,16-18,21,23H,3,5-7,10-12H2,1-2,4H3/b13-9+,14-8?. The largest absolute Gasteiger partial charge is 0.458 e. The highest BCUT2D eigenvalue weighted by Crippen LogP contribution is 2.36. The van der Waals surface area contributed by atoms with Crippen LogP contribution < -0.4 is 0 Å². The molecule has 1 aliphatic carbocycles. The van der Waals surface area contributed by atoms with Crippen molar-refractivity contribution in [3.63, 3.8) is 0 Å². The molecule has 2 N–H and O–H groups in total. The van der Waals surface area contributed by atoms with Crippen LogP contribution in [0.2, 0.25) is 0 Å². The van der Waals surface area contributed by atoms with Crippen LogP contribution in [0.3, 0.4) is 0 Å². The first-order chi connectivity index (χ1) is 11.2. The number of hydrogen-bond donors (Lipinski definition) is 2. The molecular weight excluding hydrogens is 304 g/mol. The zero-order valence-electron chi connectivity index (χ0n) is 15.0. The lowest BCUT2D eigenvalue weighted by atomic mass is 9.81. The minimum atomic E-state index is -1.19. The maximum atomic E-state index is 11.9. The Morgan fingerprint density at radius 1 is 1.25 bits per heavy atom. The van der Waals surface area contributed by atoms with Gasteiger partial charge in [-0.2, -0.15) is 0 Å². The van der Waals surface area contributed by atoms with Crippen LogP contribution in [0.25, 0.3) is 0 Å². The van der Waals surface area contributed by atoms with E-state index in [2.05, 4.69) is 25.7 Å². The molecule has 4 atom stereocenters. The molecule has 0 aromatic heterocycles. The van der Waals surface area contributed by atoms with Crippen molar-refractivity contribution in [3.05, 3.63) is 35.5 Å². The number of allylic oxidation sites excluding steroid dienone is 3. The van der Waals surface area contributed by atoms with Crippen LogP contribution in [-0.4, -0.2) is 34.0 Å². The molecule has 1 fully saturated rings. The van der Waals surface area contributed by atoms with Gasteiger partial charge in [-0.05, 0) is 52.9 Å². The Kier molecular flexibility index (Phi) is 6.05. The predicted octanol–water partition coefficient (Wildman–Crippen LogP) is 3.44. The Balaban J connectivity index is 2.24. The third-order valence-corrected chi connectivity index (χ3v) is 5.31. The number of esters is 1. The molecule has 134 valence electrons. The maximum absolute atomic E-state index is 11.9. The third kappa shape index (κ3) is 4.58. The lowest BCUT2D eigenvalue weighted by Gasteiger charge is -2.31. The van der Waals surface area contributed by atoms with Gasteiger partial charge in [-0.1, -0.05) is 29.9 Å². The Morgan fingerprint density at radius 2 is 1.92 bits per heavy atom. The number of hydrogen-bond acceptors (Lipinski definition) is 4. The highest BCUT2D eigenvalue weighted by Gasteiger charge is 2.42. The van der Waals surface area contributed by atoms with Crippen molar-refractivity contribution in [2.45, 2.75) is 77.1 Å². The summed E-state index contributed by atoms with van der Waals surface area (Å²) in [4.78, 5) is 11.9. The van der Waals surface area contributed by atoms with E-state index < -0.39 is 11.7 Å². The lowest BCUT2D eigenvalue weighted by Crippen LogP contribution is -2.41. The Hall–Kier alpha value is -1.39. The molecule has 1 aliphatic heterocycles. The topological polar surface area (TPSA) is 66.8 Å². The SMILES string of the molecule is C=C1C(=O)OC2CC(C)=CCC/C(C)=C/CCC(C)(O)C(O)CC12. The summed E-state index contributed by atoms with van der Waals surface area (Å²) in [5, 5.41) is 21.2. The molecule has 0 radical (unpaired) electrons. The van der Waals surface area contributed by atoms with Gasteiger partial charge in [0, 0.05) is 17.9 Å². The van der Waals surface area contributed by atoms with Gasteiger partial charge in [0.1, 0.15) is 6.10 Å². The number of ether oxygens (including phenoxy) is 1. The second-order valence-corrected chi connectivity index (χ2v) is 7.57. The van der Waals surface area contributed by atoms with E-state index in [1.807, 2.05) is 6.92 Å². The van der Waals surface area contributed by atoms with E-state index in [4.69, 9.17) is 4.74 Å². The monoisotopic (exact) mass is 334 g/mol. The summed E-state index contributed by atoms with van der Waals surface area (Å²) in [7, 11) is 0. The minimum absolute atomic E-state index is 0.248. The molecule has 0 aromatic rings. The van der Waals surface area contributed by atoms with Crippen LogP contribution in [0.15, 0.2) is 35.5 Å². The lowest BCUT2D eigenvalue weighted by molar-refractivity contribution is -0.139. The van der Waals surface area contributed by atoms with Gasteiger partial charge in [0.05, 0.1) is 11.7 Å². The normalized spacial score (nSPS) is 38.5. The molecule has 0 bridgehead atoms. The molecule has 0 aromatic carbocycles. The quantitative estimate of drug-likeness (QED) is 0.404. The van der Waals surface area contributed by atoms with Crippen molar-refractivity contribution in [1.29, 1.82) is 0 Å². The molecule has 2 rings (SSSR count). The summed E-state index contributed by atoms with van der Waals surface area (Å²) in [6, 6.07) is 0. The van der Waals surface area contributed by atoms with Gasteiger partial charge in [-0.25, -0.2) is 4.79 Å². The third-order valence-electron chi connectivity index (χ3n) is 5.31. The van der Waals surface area contributed by atoms with Crippen molar-refractivity contribution in [2.24, 2.45) is 5.92 Å². The number of fused-ring (bicyclic) bond motifs is 1. The Labute approximate surface area is 144 Å². The first kappa shape index (κ1) is 18.9. The van der Waals surface area contributed by atoms with Gasteiger partial charge in [0.2, 0.25) is 0 Å². The van der Waals surface area contributed by atoms with Crippen molar-refractivity contribution in [2.75, 3.05) is 0 Å². The molecule has 1 saturated heterocycles. The van der Waals surface area contributed by atoms with Crippen molar-refractivity contribution >= 4 is 5.97 Å². The van der Waals surface area contributed by atoms with Crippen molar-refractivity contribution < 1.29 is 19.7 Å². The van der Waals surface area contributed by atoms with Gasteiger partial charge < -0.3 is 14.9 Å². The van der Waals surface area contributed by atoms with Gasteiger partial charge in [-0.3, -0.25) is 0 Å². The zero-order valence-corrected chi connectivity index (χ0v) is 15.0. The molecule has 0 amide bonds. The molecule has 0 spiro atoms. The van der Waals surface area contributed by atoms with E-state index in [1.165, 1.54) is 11.1 Å². The van der Waals surface area contributed by atoms with Crippen molar-refractivity contribution in [3.8, 4) is 0 Å². The summed E-state index contributed by atoms with van der Waals surface area (Å²) in [6.45, 7) is 9.64. The van der Waals surface area contributed by atoms with Gasteiger partial charge in [-0.15, -0.1) is 0 Å². The fourth-order valence-corrected chi connectivity index (χ4v) is 3.47. The van der Waals surface area contributed by atoms with E-state index in [9.17, 15) is 15.0 Å². The van der Waals surface area contributed by atoms with Crippen LogP contribution in [0.4, 0.5) is 0 Å². The highest BCUT2D eigenvalue weighted by molar-refractivity contribution is 5.90. The molecule has 0 saturated carbocycles. The van der Waals surface area contributed by atoms with Gasteiger partial charge in [0.15, 0.2) is 0 Å². The molecular formula is C20H30O4. The predicted molar refractivity (Wildman–Crippen MR) is 94.4 cm³/mol. The summed E-state index contributed by atoms with van der Waals surface area (Å²) < 4.78 is 5.46. The average molecular weight is 334 g/mol. The molecule has 4 nitrogen and oxygen atoms in total. The Bertz CT molecular complexity index is 556. The van der Waals surface area contributed by atoms with Crippen LogP contribution in [0, 0.1) is 5.92 Å². The second kappa shape index (κ2) is 7.66. The second-order valence-electron chi connectivity index (χ2n) is 7.57. The van der Waals surface area contributed by atoms with Gasteiger partial charge >= 0.3 is 5.97 Å². The number of carbonyl (C=O) groups excluding carboxylic acids is 1. The van der Waals surface area contributed by atoms with E-state index in [-0.39, 0.29) is 24.4 Å². The summed E-state index contributed by atoms with van der Waals surface area (Å²) >= 11 is 0. The molecule has 4 heteroatoms. The van der Waals surface area contributed by atoms with Gasteiger partial charge in [0.25, 0.3) is 0 Å².